The number of benzene rings is 1. The van der Waals surface area contributed by atoms with E-state index in [0.29, 0.717) is 0 Å². The van der Waals surface area contributed by atoms with E-state index >= 15 is 0 Å². The lowest BCUT2D eigenvalue weighted by Gasteiger charge is -2.40. The summed E-state index contributed by atoms with van der Waals surface area (Å²) in [4.78, 5) is 2.57. The summed E-state index contributed by atoms with van der Waals surface area (Å²) in [6.45, 7) is 10.5. The van der Waals surface area contributed by atoms with Crippen molar-refractivity contribution in [2.75, 3.05) is 26.2 Å². The average Bonchev–Trinajstić information content (AvgIpc) is 2.98. The fourth-order valence-corrected chi connectivity index (χ4v) is 3.08. The van der Waals surface area contributed by atoms with Gasteiger partial charge in [-0.3, -0.25) is 4.90 Å². The Hall–Kier alpha value is -1.06. The zero-order valence-corrected chi connectivity index (χ0v) is 13.8. The van der Waals surface area contributed by atoms with Crippen LogP contribution >= 0.6 is 0 Å². The minimum atomic E-state index is 0.121. The van der Waals surface area contributed by atoms with Crippen LogP contribution in [0.5, 0.6) is 5.75 Å². The van der Waals surface area contributed by atoms with Crippen molar-refractivity contribution < 1.29 is 4.74 Å². The molecule has 0 saturated heterocycles. The first kappa shape index (κ1) is 16.3. The van der Waals surface area contributed by atoms with Crippen LogP contribution in [-0.2, 0) is 12.8 Å². The molecule has 3 nitrogen and oxygen atoms in total. The summed E-state index contributed by atoms with van der Waals surface area (Å²) < 4.78 is 5.58. The van der Waals surface area contributed by atoms with E-state index in [2.05, 4.69) is 43.9 Å². The third-order valence-electron chi connectivity index (χ3n) is 4.88. The molecule has 0 spiro atoms. The van der Waals surface area contributed by atoms with E-state index in [4.69, 9.17) is 10.5 Å². The van der Waals surface area contributed by atoms with Gasteiger partial charge in [0.2, 0.25) is 0 Å². The van der Waals surface area contributed by atoms with Gasteiger partial charge < -0.3 is 10.5 Å². The first-order valence-corrected chi connectivity index (χ1v) is 8.32. The molecule has 0 aromatic heterocycles. The number of hydrogen-bond donors (Lipinski definition) is 1. The molecule has 1 aliphatic rings. The smallest absolute Gasteiger partial charge is 0.122 e. The maximum absolute atomic E-state index is 6.03. The molecule has 1 aromatic carbocycles. The van der Waals surface area contributed by atoms with Gasteiger partial charge in [-0.05, 0) is 49.9 Å². The lowest BCUT2D eigenvalue weighted by Crippen LogP contribution is -2.52. The van der Waals surface area contributed by atoms with E-state index in [9.17, 15) is 0 Å². The van der Waals surface area contributed by atoms with Crippen LogP contribution in [0.15, 0.2) is 18.2 Å². The molecule has 0 amide bonds. The molecule has 1 aliphatic heterocycles. The van der Waals surface area contributed by atoms with Gasteiger partial charge in [0, 0.05) is 25.0 Å². The molecule has 0 bridgehead atoms. The van der Waals surface area contributed by atoms with Crippen molar-refractivity contribution in [2.24, 2.45) is 5.73 Å². The molecule has 1 heterocycles. The number of rotatable bonds is 8. The number of hydrogen-bond acceptors (Lipinski definition) is 3. The van der Waals surface area contributed by atoms with E-state index in [-0.39, 0.29) is 5.54 Å². The summed E-state index contributed by atoms with van der Waals surface area (Å²) in [6, 6.07) is 6.65. The topological polar surface area (TPSA) is 38.5 Å². The van der Waals surface area contributed by atoms with Gasteiger partial charge in [0.25, 0.3) is 0 Å². The molecule has 0 saturated carbocycles. The fraction of sp³-hybridized carbons (Fsp3) is 0.667. The molecule has 1 atom stereocenters. The quantitative estimate of drug-likeness (QED) is 0.800. The van der Waals surface area contributed by atoms with Gasteiger partial charge in [0.05, 0.1) is 6.61 Å². The number of nitrogens with two attached hydrogens (primary N) is 1. The second-order valence-corrected chi connectivity index (χ2v) is 6.33. The Balaban J connectivity index is 2.01. The highest BCUT2D eigenvalue weighted by Crippen LogP contribution is 2.26. The van der Waals surface area contributed by atoms with E-state index in [1.54, 1.807) is 0 Å². The van der Waals surface area contributed by atoms with Crippen molar-refractivity contribution in [2.45, 2.75) is 52.0 Å². The lowest BCUT2D eigenvalue weighted by atomic mass is 9.95. The number of nitrogens with zero attached hydrogens (tertiary/aromatic N) is 1. The maximum Gasteiger partial charge on any atom is 0.122 e. The summed E-state index contributed by atoms with van der Waals surface area (Å²) in [5, 5.41) is 0. The summed E-state index contributed by atoms with van der Waals surface area (Å²) in [6.07, 6.45) is 4.41. The third-order valence-corrected chi connectivity index (χ3v) is 4.88. The summed E-state index contributed by atoms with van der Waals surface area (Å²) >= 11 is 0. The minimum Gasteiger partial charge on any atom is -0.493 e. The van der Waals surface area contributed by atoms with Crippen molar-refractivity contribution in [3.05, 3.63) is 29.3 Å². The predicted molar refractivity (Wildman–Crippen MR) is 89.0 cm³/mol. The molecule has 1 unspecified atom stereocenters. The van der Waals surface area contributed by atoms with Crippen LogP contribution in [0.25, 0.3) is 0 Å². The Morgan fingerprint density at radius 1 is 1.29 bits per heavy atom. The zero-order valence-electron chi connectivity index (χ0n) is 13.8. The molecule has 2 N–H and O–H groups in total. The Labute approximate surface area is 129 Å². The lowest BCUT2D eigenvalue weighted by molar-refractivity contribution is 0.107. The monoisotopic (exact) mass is 290 g/mol. The van der Waals surface area contributed by atoms with Gasteiger partial charge in [0.1, 0.15) is 5.75 Å². The van der Waals surface area contributed by atoms with Gasteiger partial charge in [-0.15, -0.1) is 0 Å². The molecule has 0 fully saturated rings. The highest BCUT2D eigenvalue weighted by molar-refractivity contribution is 5.39. The molecular formula is C18H30N2O. The number of ether oxygens (including phenoxy) is 1. The first-order valence-electron chi connectivity index (χ1n) is 8.32. The first-order chi connectivity index (χ1) is 10.1. The average molecular weight is 290 g/mol. The Morgan fingerprint density at radius 2 is 2.10 bits per heavy atom. The number of fused-ring (bicyclic) bond motifs is 1. The molecular weight excluding hydrogens is 260 g/mol. The molecule has 2 rings (SSSR count). The van der Waals surface area contributed by atoms with Crippen LogP contribution < -0.4 is 10.5 Å². The van der Waals surface area contributed by atoms with Gasteiger partial charge in [-0.1, -0.05) is 26.0 Å². The highest BCUT2D eigenvalue weighted by Gasteiger charge is 2.27. The van der Waals surface area contributed by atoms with E-state index < -0.39 is 0 Å². The van der Waals surface area contributed by atoms with Crippen LogP contribution in [0, 0.1) is 0 Å². The minimum absolute atomic E-state index is 0.121. The van der Waals surface area contributed by atoms with Crippen molar-refractivity contribution in [1.82, 2.24) is 4.90 Å². The molecule has 0 aliphatic carbocycles. The van der Waals surface area contributed by atoms with Crippen molar-refractivity contribution in [1.29, 1.82) is 0 Å². The normalized spacial score (nSPS) is 16.6. The molecule has 21 heavy (non-hydrogen) atoms. The fourth-order valence-electron chi connectivity index (χ4n) is 3.08. The predicted octanol–water partition coefficient (Wildman–Crippen LogP) is 3.00. The Bertz CT molecular complexity index is 455. The summed E-state index contributed by atoms with van der Waals surface area (Å²) in [5.74, 6) is 1.07. The van der Waals surface area contributed by atoms with Gasteiger partial charge >= 0.3 is 0 Å². The summed E-state index contributed by atoms with van der Waals surface area (Å²) in [7, 11) is 0. The van der Waals surface area contributed by atoms with Gasteiger partial charge in [-0.2, -0.15) is 0 Å². The van der Waals surface area contributed by atoms with Crippen molar-refractivity contribution in [3.8, 4) is 5.75 Å². The van der Waals surface area contributed by atoms with E-state index in [1.807, 2.05) is 0 Å². The molecule has 1 aromatic rings. The molecule has 3 heteroatoms. The van der Waals surface area contributed by atoms with Crippen LogP contribution in [0.1, 0.15) is 44.7 Å². The maximum atomic E-state index is 6.03. The van der Waals surface area contributed by atoms with Gasteiger partial charge in [-0.25, -0.2) is 0 Å². The van der Waals surface area contributed by atoms with Crippen molar-refractivity contribution in [3.63, 3.8) is 0 Å². The second-order valence-electron chi connectivity index (χ2n) is 6.33. The van der Waals surface area contributed by atoms with Crippen LogP contribution in [0.3, 0.4) is 0 Å². The summed E-state index contributed by atoms with van der Waals surface area (Å²) in [5.41, 5.74) is 8.93. The van der Waals surface area contributed by atoms with Crippen LogP contribution in [-0.4, -0.2) is 36.7 Å². The van der Waals surface area contributed by atoms with Gasteiger partial charge in [0.15, 0.2) is 0 Å². The van der Waals surface area contributed by atoms with Crippen molar-refractivity contribution >= 4 is 0 Å². The van der Waals surface area contributed by atoms with E-state index in [0.717, 1.165) is 51.3 Å². The Kier molecular flexibility index (Phi) is 5.65. The standard InChI is InChI=1S/C18H30N2O/c1-4-10-20(18(3,5-2)14-19)11-8-15-6-7-17-16(13-15)9-12-21-17/h6-7,13H,4-5,8-12,14,19H2,1-3H3. The van der Waals surface area contributed by atoms with E-state index in [1.165, 1.54) is 17.5 Å². The molecule has 0 radical (unpaired) electrons. The highest BCUT2D eigenvalue weighted by atomic mass is 16.5. The third kappa shape index (κ3) is 3.78. The second kappa shape index (κ2) is 7.28. The van der Waals surface area contributed by atoms with Crippen LogP contribution in [0.4, 0.5) is 0 Å². The largest absolute Gasteiger partial charge is 0.493 e. The SMILES string of the molecule is CCCN(CCc1ccc2c(c1)CCO2)C(C)(CC)CN. The van der Waals surface area contributed by atoms with Crippen LogP contribution in [0.2, 0.25) is 0 Å². The zero-order chi connectivity index (χ0) is 15.3. The molecule has 118 valence electrons. The Morgan fingerprint density at radius 3 is 2.76 bits per heavy atom.